The van der Waals surface area contributed by atoms with Gasteiger partial charge in [-0.15, -0.1) is 0 Å². The highest BCUT2D eigenvalue weighted by atomic mass is 16.2. The van der Waals surface area contributed by atoms with Crippen LogP contribution in [0.5, 0.6) is 0 Å². The molecule has 0 saturated heterocycles. The number of rotatable bonds is 0. The van der Waals surface area contributed by atoms with E-state index in [4.69, 9.17) is 0 Å². The van der Waals surface area contributed by atoms with Crippen LogP contribution in [0.3, 0.4) is 0 Å². The molecular formula is C14H26N6O4. The molecular weight excluding hydrogens is 316 g/mol. The number of hydrogen-bond acceptors (Lipinski definition) is 6. The smallest absolute Gasteiger partial charge is 0.287 e. The molecule has 0 aliphatic rings. The van der Waals surface area contributed by atoms with Crippen LogP contribution in [0.25, 0.3) is 0 Å². The molecule has 0 bridgehead atoms. The molecule has 0 amide bonds. The van der Waals surface area contributed by atoms with E-state index >= 15 is 0 Å². The Morgan fingerprint density at radius 2 is 0.875 bits per heavy atom. The molecule has 0 saturated carbocycles. The van der Waals surface area contributed by atoms with Gasteiger partial charge in [0.2, 0.25) is 0 Å². The summed E-state index contributed by atoms with van der Waals surface area (Å²) in [5, 5.41) is 0. The minimum absolute atomic E-state index is 0.361. The van der Waals surface area contributed by atoms with Crippen LogP contribution >= 0.6 is 0 Å². The van der Waals surface area contributed by atoms with Gasteiger partial charge >= 0.3 is 22.8 Å². The van der Waals surface area contributed by atoms with Gasteiger partial charge in [0.15, 0.2) is 0 Å². The fourth-order valence-corrected chi connectivity index (χ4v) is 1.18. The Balaban J connectivity index is 0. The van der Waals surface area contributed by atoms with Gasteiger partial charge in [-0.3, -0.25) is 9.13 Å². The molecule has 2 heterocycles. The van der Waals surface area contributed by atoms with Crippen LogP contribution in [0.1, 0.15) is 27.7 Å². The highest BCUT2D eigenvalue weighted by Gasteiger charge is 1.96. The number of aromatic nitrogens is 6. The number of nitrogens with zero attached hydrogens (tertiary/aromatic N) is 6. The molecule has 2 rings (SSSR count). The van der Waals surface area contributed by atoms with Crippen molar-refractivity contribution in [2.75, 3.05) is 0 Å². The quantitative estimate of drug-likeness (QED) is 0.607. The molecule has 0 unspecified atom stereocenters. The monoisotopic (exact) mass is 342 g/mol. The summed E-state index contributed by atoms with van der Waals surface area (Å²) in [7, 11) is 5.85. The third-order valence-electron chi connectivity index (χ3n) is 2.43. The second kappa shape index (κ2) is 11.7. The van der Waals surface area contributed by atoms with Gasteiger partial charge < -0.3 is 0 Å². The van der Waals surface area contributed by atoms with Gasteiger partial charge in [0.1, 0.15) is 12.7 Å². The van der Waals surface area contributed by atoms with Gasteiger partial charge in [-0.1, -0.05) is 27.7 Å². The van der Waals surface area contributed by atoms with Crippen molar-refractivity contribution >= 4 is 0 Å². The minimum atomic E-state index is -0.525. The molecule has 0 aliphatic carbocycles. The van der Waals surface area contributed by atoms with E-state index in [1.54, 1.807) is 0 Å². The van der Waals surface area contributed by atoms with E-state index in [1.165, 1.54) is 50.0 Å². The lowest BCUT2D eigenvalue weighted by Crippen LogP contribution is -2.37. The lowest BCUT2D eigenvalue weighted by Gasteiger charge is -1.96. The first-order chi connectivity index (χ1) is 11.3. The molecule has 2 aromatic heterocycles. The molecule has 0 atom stereocenters. The van der Waals surface area contributed by atoms with Crippen molar-refractivity contribution in [1.82, 2.24) is 28.2 Å². The van der Waals surface area contributed by atoms with E-state index in [-0.39, 0.29) is 11.4 Å². The highest BCUT2D eigenvalue weighted by molar-refractivity contribution is 4.68. The van der Waals surface area contributed by atoms with Crippen molar-refractivity contribution in [3.63, 3.8) is 0 Å². The first kappa shape index (κ1) is 23.5. The van der Waals surface area contributed by atoms with Crippen LogP contribution in [0.2, 0.25) is 0 Å². The van der Waals surface area contributed by atoms with Gasteiger partial charge in [0.25, 0.3) is 0 Å². The summed E-state index contributed by atoms with van der Waals surface area (Å²) in [6.07, 6.45) is 2.40. The maximum Gasteiger partial charge on any atom is 0.352 e. The third kappa shape index (κ3) is 6.55. The zero-order chi connectivity index (χ0) is 19.4. The largest absolute Gasteiger partial charge is 0.352 e. The second-order valence-corrected chi connectivity index (χ2v) is 3.96. The molecule has 0 radical (unpaired) electrons. The van der Waals surface area contributed by atoms with Crippen molar-refractivity contribution in [3.8, 4) is 0 Å². The maximum atomic E-state index is 10.9. The Labute approximate surface area is 139 Å². The SMILES string of the molecule is CC.CC.Cn1cnc(=O)n(C)c1=O.Cn1cnc(=O)n(C)c1=O. The van der Waals surface area contributed by atoms with E-state index in [1.807, 2.05) is 27.7 Å². The van der Waals surface area contributed by atoms with E-state index < -0.39 is 11.4 Å². The molecule has 0 spiro atoms. The first-order valence-electron chi connectivity index (χ1n) is 7.43. The summed E-state index contributed by atoms with van der Waals surface area (Å²) >= 11 is 0. The summed E-state index contributed by atoms with van der Waals surface area (Å²) in [6, 6.07) is 0. The van der Waals surface area contributed by atoms with E-state index in [9.17, 15) is 19.2 Å². The summed E-state index contributed by atoms with van der Waals surface area (Å²) in [4.78, 5) is 49.8. The molecule has 0 aliphatic heterocycles. The fourth-order valence-electron chi connectivity index (χ4n) is 1.18. The molecule has 0 fully saturated rings. The van der Waals surface area contributed by atoms with Crippen molar-refractivity contribution in [3.05, 3.63) is 54.6 Å². The number of hydrogen-bond donors (Lipinski definition) is 0. The van der Waals surface area contributed by atoms with E-state index in [0.717, 1.165) is 9.13 Å². The third-order valence-corrected chi connectivity index (χ3v) is 2.43. The molecule has 10 nitrogen and oxygen atoms in total. The van der Waals surface area contributed by atoms with Crippen molar-refractivity contribution in [2.24, 2.45) is 28.2 Å². The Morgan fingerprint density at radius 1 is 0.625 bits per heavy atom. The van der Waals surface area contributed by atoms with Crippen LogP contribution in [0.15, 0.2) is 31.8 Å². The molecule has 10 heteroatoms. The van der Waals surface area contributed by atoms with Crippen LogP contribution in [0.4, 0.5) is 0 Å². The minimum Gasteiger partial charge on any atom is -0.287 e. The Morgan fingerprint density at radius 3 is 1.08 bits per heavy atom. The van der Waals surface area contributed by atoms with Gasteiger partial charge in [0, 0.05) is 28.2 Å². The summed E-state index contributed by atoms with van der Waals surface area (Å²) in [5.41, 5.74) is -1.77. The van der Waals surface area contributed by atoms with E-state index in [0.29, 0.717) is 0 Å². The highest BCUT2D eigenvalue weighted by Crippen LogP contribution is 1.60. The van der Waals surface area contributed by atoms with Crippen LogP contribution in [-0.2, 0) is 28.2 Å². The summed E-state index contributed by atoms with van der Waals surface area (Å²) in [5.74, 6) is 0. The molecule has 0 N–H and O–H groups in total. The van der Waals surface area contributed by atoms with Gasteiger partial charge in [-0.05, 0) is 0 Å². The topological polar surface area (TPSA) is 114 Å². The lowest BCUT2D eigenvalue weighted by atomic mass is 10.9. The standard InChI is InChI=1S/2C5H7N3O2.2C2H6/c2*1-7-3-6-4(9)8(2)5(7)10;2*1-2/h2*3H,1-2H3;2*1-2H3. The zero-order valence-electron chi connectivity index (χ0n) is 15.5. The molecule has 24 heavy (non-hydrogen) atoms. The Bertz CT molecular complexity index is 772. The van der Waals surface area contributed by atoms with E-state index in [2.05, 4.69) is 9.97 Å². The second-order valence-electron chi connectivity index (χ2n) is 3.96. The molecule has 136 valence electrons. The van der Waals surface area contributed by atoms with Crippen molar-refractivity contribution < 1.29 is 0 Å². The van der Waals surface area contributed by atoms with Crippen LogP contribution in [0, 0.1) is 0 Å². The fraction of sp³-hybridized carbons (Fsp3) is 0.571. The summed E-state index contributed by atoms with van der Waals surface area (Å²) < 4.78 is 4.36. The Hall–Kier alpha value is -2.78. The number of aryl methyl sites for hydroxylation is 2. The average Bonchev–Trinajstić information content (AvgIpc) is 2.62. The predicted octanol–water partition coefficient (Wildman–Crippen LogP) is -0.990. The van der Waals surface area contributed by atoms with Gasteiger partial charge in [0.05, 0.1) is 0 Å². The Kier molecular flexibility index (Phi) is 11.5. The van der Waals surface area contributed by atoms with Crippen LogP contribution in [-0.4, -0.2) is 28.2 Å². The molecule has 0 aromatic carbocycles. The summed E-state index contributed by atoms with van der Waals surface area (Å²) in [6.45, 7) is 8.00. The normalized spacial score (nSPS) is 8.67. The first-order valence-corrected chi connectivity index (χ1v) is 7.43. The van der Waals surface area contributed by atoms with Gasteiger partial charge in [-0.25, -0.2) is 28.3 Å². The predicted molar refractivity (Wildman–Crippen MR) is 92.1 cm³/mol. The average molecular weight is 342 g/mol. The van der Waals surface area contributed by atoms with Gasteiger partial charge in [-0.2, -0.15) is 9.97 Å². The zero-order valence-corrected chi connectivity index (χ0v) is 15.5. The lowest BCUT2D eigenvalue weighted by molar-refractivity contribution is 0.644. The van der Waals surface area contributed by atoms with Crippen molar-refractivity contribution in [1.29, 1.82) is 0 Å². The van der Waals surface area contributed by atoms with Crippen molar-refractivity contribution in [2.45, 2.75) is 27.7 Å². The van der Waals surface area contributed by atoms with Crippen LogP contribution < -0.4 is 22.8 Å². The molecule has 2 aromatic rings. The maximum absolute atomic E-state index is 10.9.